The lowest BCUT2D eigenvalue weighted by Gasteiger charge is -2.27. The van der Waals surface area contributed by atoms with Crippen molar-refractivity contribution < 1.29 is 14.4 Å². The predicted molar refractivity (Wildman–Crippen MR) is 107 cm³/mol. The molecule has 0 bridgehead atoms. The van der Waals surface area contributed by atoms with Crippen molar-refractivity contribution in [3.8, 4) is 6.07 Å². The maximum atomic E-state index is 12.8. The van der Waals surface area contributed by atoms with Gasteiger partial charge >= 0.3 is 0 Å². The fourth-order valence-electron chi connectivity index (χ4n) is 3.06. The Morgan fingerprint density at radius 2 is 2.03 bits per heavy atom. The zero-order valence-electron chi connectivity index (χ0n) is 16.4. The first-order valence-electron chi connectivity index (χ1n) is 9.19. The summed E-state index contributed by atoms with van der Waals surface area (Å²) in [7, 11) is 0. The lowest BCUT2D eigenvalue weighted by Crippen LogP contribution is -2.51. The second-order valence-corrected chi connectivity index (χ2v) is 8.92. The number of hydrogen-bond donors (Lipinski definition) is 4. The van der Waals surface area contributed by atoms with Crippen molar-refractivity contribution in [2.45, 2.75) is 52.1 Å². The van der Waals surface area contributed by atoms with Gasteiger partial charge in [-0.2, -0.15) is 5.26 Å². The van der Waals surface area contributed by atoms with E-state index in [-0.39, 0.29) is 39.8 Å². The van der Waals surface area contributed by atoms with Crippen LogP contribution in [0.3, 0.4) is 0 Å². The molecule has 9 nitrogen and oxygen atoms in total. The number of nitriles is 1. The van der Waals surface area contributed by atoms with Crippen LogP contribution in [0.25, 0.3) is 0 Å². The molecule has 2 rings (SSSR count). The number of nitrogens with zero attached hydrogens (tertiary/aromatic N) is 2. The van der Waals surface area contributed by atoms with Crippen LogP contribution in [0, 0.1) is 22.7 Å². The van der Waals surface area contributed by atoms with Gasteiger partial charge in [0.1, 0.15) is 17.2 Å². The molecule has 1 fully saturated rings. The van der Waals surface area contributed by atoms with E-state index in [1.807, 2.05) is 26.8 Å². The quantitative estimate of drug-likeness (QED) is 0.509. The van der Waals surface area contributed by atoms with Crippen molar-refractivity contribution in [3.05, 3.63) is 16.1 Å². The van der Waals surface area contributed by atoms with Gasteiger partial charge in [0, 0.05) is 12.5 Å². The molecule has 158 valence electrons. The number of carbonyl (C=O) groups is 3. The minimum absolute atomic E-state index is 0.0213. The first-order valence-corrected chi connectivity index (χ1v) is 9.95. The zero-order valence-corrected chi connectivity index (χ0v) is 17.9. The molecule has 1 aliphatic rings. The largest absolute Gasteiger partial charge is 0.356 e. The van der Waals surface area contributed by atoms with Crippen molar-refractivity contribution in [2.75, 3.05) is 6.54 Å². The molecule has 2 heterocycles. The summed E-state index contributed by atoms with van der Waals surface area (Å²) in [5.41, 5.74) is -0.290. The number of H-pyrrole nitrogens is 1. The third kappa shape index (κ3) is 6.61. The number of halogens is 2. The first-order chi connectivity index (χ1) is 13.5. The zero-order chi connectivity index (χ0) is 21.8. The van der Waals surface area contributed by atoms with Crippen LogP contribution < -0.4 is 16.0 Å². The van der Waals surface area contributed by atoms with Gasteiger partial charge in [0.25, 0.3) is 5.91 Å². The molecule has 1 aromatic rings. The molecule has 1 aliphatic heterocycles. The van der Waals surface area contributed by atoms with Crippen LogP contribution in [0.5, 0.6) is 0 Å². The summed E-state index contributed by atoms with van der Waals surface area (Å²) in [6.07, 6.45) is 1.15. The van der Waals surface area contributed by atoms with Gasteiger partial charge < -0.3 is 20.9 Å². The van der Waals surface area contributed by atoms with Gasteiger partial charge in [-0.3, -0.25) is 14.4 Å². The van der Waals surface area contributed by atoms with Crippen molar-refractivity contribution in [2.24, 2.45) is 11.3 Å². The molecule has 3 amide bonds. The Hall–Kier alpha value is -2.31. The van der Waals surface area contributed by atoms with Crippen molar-refractivity contribution in [1.82, 2.24) is 25.9 Å². The standard InChI is InChI=1S/C18H24Cl2N6O3/c1-18(2,3)7-11(24-17(29)14-25-12(19)13(20)26-14)16(28)23-10(8-21)6-9-4-5-22-15(9)27/h9-11H,4-7H2,1-3H3,(H,22,27)(H,23,28)(H,24,29)(H,25,26)/t9-,10-,11-/m0/s1. The van der Waals surface area contributed by atoms with Gasteiger partial charge in [-0.25, -0.2) is 4.98 Å². The minimum atomic E-state index is -0.918. The molecule has 1 aromatic heterocycles. The molecule has 0 spiro atoms. The minimum Gasteiger partial charge on any atom is -0.356 e. The third-order valence-corrected chi connectivity index (χ3v) is 5.07. The van der Waals surface area contributed by atoms with E-state index in [0.717, 1.165) is 0 Å². The van der Waals surface area contributed by atoms with Crippen LogP contribution in [0.15, 0.2) is 0 Å². The Kier molecular flexibility index (Phi) is 7.49. The molecule has 0 radical (unpaired) electrons. The summed E-state index contributed by atoms with van der Waals surface area (Å²) in [4.78, 5) is 43.4. The van der Waals surface area contributed by atoms with Crippen molar-refractivity contribution in [3.63, 3.8) is 0 Å². The van der Waals surface area contributed by atoms with E-state index in [4.69, 9.17) is 23.2 Å². The smallest absolute Gasteiger partial charge is 0.287 e. The topological polar surface area (TPSA) is 140 Å². The highest BCUT2D eigenvalue weighted by Gasteiger charge is 2.32. The van der Waals surface area contributed by atoms with Gasteiger partial charge in [0.05, 0.1) is 6.07 Å². The van der Waals surface area contributed by atoms with Crippen molar-refractivity contribution in [1.29, 1.82) is 5.26 Å². The van der Waals surface area contributed by atoms with E-state index < -0.39 is 23.9 Å². The second-order valence-electron chi connectivity index (χ2n) is 8.18. The molecule has 29 heavy (non-hydrogen) atoms. The van der Waals surface area contributed by atoms with Crippen LogP contribution in [-0.4, -0.2) is 46.3 Å². The van der Waals surface area contributed by atoms with Crippen LogP contribution >= 0.6 is 23.2 Å². The van der Waals surface area contributed by atoms with Gasteiger partial charge in [-0.05, 0) is 24.7 Å². The number of aromatic nitrogens is 2. The summed E-state index contributed by atoms with van der Waals surface area (Å²) >= 11 is 11.5. The SMILES string of the molecule is CC(C)(C)C[C@H](NC(=O)c1nc(Cl)c(Cl)[nH]1)C(=O)N[C@H](C#N)C[C@@H]1CCNC1=O. The molecule has 0 aliphatic carbocycles. The summed E-state index contributed by atoms with van der Waals surface area (Å²) < 4.78 is 0. The monoisotopic (exact) mass is 442 g/mol. The lowest BCUT2D eigenvalue weighted by molar-refractivity contribution is -0.125. The fraction of sp³-hybridized carbons (Fsp3) is 0.611. The maximum absolute atomic E-state index is 12.8. The molecule has 4 N–H and O–H groups in total. The van der Waals surface area contributed by atoms with E-state index in [1.54, 1.807) is 0 Å². The Morgan fingerprint density at radius 3 is 2.52 bits per heavy atom. The molecule has 1 saturated heterocycles. The van der Waals surface area contributed by atoms with E-state index in [1.165, 1.54) is 0 Å². The van der Waals surface area contributed by atoms with E-state index in [0.29, 0.717) is 19.4 Å². The number of carbonyl (C=O) groups excluding carboxylic acids is 3. The van der Waals surface area contributed by atoms with Gasteiger partial charge in [-0.15, -0.1) is 0 Å². The second kappa shape index (κ2) is 9.46. The van der Waals surface area contributed by atoms with Gasteiger partial charge in [0.15, 0.2) is 11.0 Å². The summed E-state index contributed by atoms with van der Waals surface area (Å²) in [6.45, 7) is 6.33. The van der Waals surface area contributed by atoms with Crippen LogP contribution in [0.1, 0.15) is 50.7 Å². The molecule has 3 atom stereocenters. The van der Waals surface area contributed by atoms with E-state index >= 15 is 0 Å². The predicted octanol–water partition coefficient (Wildman–Crippen LogP) is 1.79. The maximum Gasteiger partial charge on any atom is 0.287 e. The highest BCUT2D eigenvalue weighted by Crippen LogP contribution is 2.22. The molecular formula is C18H24Cl2N6O3. The molecule has 0 saturated carbocycles. The molecule has 11 heteroatoms. The Morgan fingerprint density at radius 1 is 1.34 bits per heavy atom. The average Bonchev–Trinajstić information content (AvgIpc) is 3.18. The molecular weight excluding hydrogens is 419 g/mol. The normalized spacial score (nSPS) is 18.5. The van der Waals surface area contributed by atoms with Gasteiger partial charge in [-0.1, -0.05) is 44.0 Å². The average molecular weight is 443 g/mol. The third-order valence-electron chi connectivity index (χ3n) is 4.43. The number of nitrogens with one attached hydrogen (secondary N) is 4. The first kappa shape index (κ1) is 23.0. The molecule has 0 aromatic carbocycles. The fourth-order valence-corrected chi connectivity index (χ4v) is 3.32. The number of amides is 3. The van der Waals surface area contributed by atoms with Crippen LogP contribution in [-0.2, 0) is 9.59 Å². The van der Waals surface area contributed by atoms with Crippen molar-refractivity contribution >= 4 is 40.9 Å². The Balaban J connectivity index is 2.08. The highest BCUT2D eigenvalue weighted by atomic mass is 35.5. The lowest BCUT2D eigenvalue weighted by atomic mass is 9.87. The number of imidazole rings is 1. The number of hydrogen-bond acceptors (Lipinski definition) is 5. The van der Waals surface area contributed by atoms with E-state index in [9.17, 15) is 19.6 Å². The summed E-state index contributed by atoms with van der Waals surface area (Å²) in [5.74, 6) is -1.71. The van der Waals surface area contributed by atoms with Crippen LogP contribution in [0.2, 0.25) is 10.3 Å². The van der Waals surface area contributed by atoms with Gasteiger partial charge in [0.2, 0.25) is 11.8 Å². The molecule has 0 unspecified atom stereocenters. The number of rotatable bonds is 7. The Labute approximate surface area is 178 Å². The van der Waals surface area contributed by atoms with E-state index in [2.05, 4.69) is 25.9 Å². The number of aromatic amines is 1. The van der Waals surface area contributed by atoms with Crippen LogP contribution in [0.4, 0.5) is 0 Å². The Bertz CT molecular complexity index is 807. The highest BCUT2D eigenvalue weighted by molar-refractivity contribution is 6.40. The summed E-state index contributed by atoms with van der Waals surface area (Å²) in [6, 6.07) is 0.253. The summed E-state index contributed by atoms with van der Waals surface area (Å²) in [5, 5.41) is 17.3.